The largest absolute Gasteiger partial charge is 0.398 e. The number of hydrogen-bond donors (Lipinski definition) is 1. The second-order valence-corrected chi connectivity index (χ2v) is 13.6. The molecule has 0 unspecified atom stereocenters. The van der Waals surface area contributed by atoms with E-state index in [1.165, 1.54) is 85.2 Å². The fraction of sp³-hybridized carbons (Fsp3) is 0.0980. The first kappa shape index (κ1) is 33.0. The van der Waals surface area contributed by atoms with Gasteiger partial charge in [0.2, 0.25) is 0 Å². The Hall–Kier alpha value is -6.18. The van der Waals surface area contributed by atoms with E-state index < -0.39 is 0 Å². The number of nitrogens with two attached hydrogens (primary N) is 1. The van der Waals surface area contributed by atoms with Crippen LogP contribution in [0.5, 0.6) is 0 Å². The average Bonchev–Trinajstić information content (AvgIpc) is 3.23. The standard InChI is InChI=1S/C51H43N/c52-51(50-33-16-9-25-42(50)39-21-5-2-6-22-39)35-34-37-18-17-23-40(36-37)43-26-8-11-28-45(43)47-30-13-15-32-49(47)48-31-14-12-29-46(48)44-27-10-7-24-41(44)38-19-3-1-4-20-38/h1,3-4,7-21,23-33,35-36H,2,5-6,22,34,52H2/b51-35-. The summed E-state index contributed by atoms with van der Waals surface area (Å²) in [6.07, 6.45) is 10.2. The molecule has 1 aliphatic carbocycles. The van der Waals surface area contributed by atoms with Crippen molar-refractivity contribution in [3.05, 3.63) is 205 Å². The second-order valence-electron chi connectivity index (χ2n) is 13.6. The summed E-state index contributed by atoms with van der Waals surface area (Å²) in [5.41, 5.74) is 24.9. The van der Waals surface area contributed by atoms with Crippen molar-refractivity contribution >= 4 is 11.3 Å². The van der Waals surface area contributed by atoms with Gasteiger partial charge in [0.25, 0.3) is 0 Å². The van der Waals surface area contributed by atoms with Crippen LogP contribution in [-0.4, -0.2) is 0 Å². The van der Waals surface area contributed by atoms with Gasteiger partial charge in [-0.25, -0.2) is 0 Å². The molecule has 0 spiro atoms. The van der Waals surface area contributed by atoms with Crippen molar-refractivity contribution in [2.75, 3.05) is 0 Å². The molecule has 7 aromatic carbocycles. The predicted molar refractivity (Wildman–Crippen MR) is 222 cm³/mol. The summed E-state index contributed by atoms with van der Waals surface area (Å²) in [4.78, 5) is 0. The molecule has 0 aliphatic heterocycles. The van der Waals surface area contributed by atoms with E-state index >= 15 is 0 Å². The molecule has 1 nitrogen and oxygen atoms in total. The van der Waals surface area contributed by atoms with Crippen LogP contribution < -0.4 is 5.73 Å². The van der Waals surface area contributed by atoms with E-state index in [9.17, 15) is 0 Å². The number of rotatable bonds is 9. The van der Waals surface area contributed by atoms with Crippen molar-refractivity contribution in [1.29, 1.82) is 0 Å². The molecule has 2 N–H and O–H groups in total. The molecule has 0 aromatic heterocycles. The predicted octanol–water partition coefficient (Wildman–Crippen LogP) is 13.5. The van der Waals surface area contributed by atoms with E-state index in [0.717, 1.165) is 30.5 Å². The van der Waals surface area contributed by atoms with E-state index in [1.54, 1.807) is 0 Å². The van der Waals surface area contributed by atoms with Crippen LogP contribution in [0.1, 0.15) is 42.4 Å². The summed E-state index contributed by atoms with van der Waals surface area (Å²) in [6.45, 7) is 0. The Kier molecular flexibility index (Phi) is 9.75. The maximum atomic E-state index is 6.80. The van der Waals surface area contributed by atoms with Gasteiger partial charge >= 0.3 is 0 Å². The summed E-state index contributed by atoms with van der Waals surface area (Å²) < 4.78 is 0. The van der Waals surface area contributed by atoms with Gasteiger partial charge in [-0.15, -0.1) is 0 Å². The minimum absolute atomic E-state index is 0.764. The third-order valence-corrected chi connectivity index (χ3v) is 10.3. The first-order valence-corrected chi connectivity index (χ1v) is 18.5. The Labute approximate surface area is 308 Å². The van der Waals surface area contributed by atoms with Crippen molar-refractivity contribution in [3.8, 4) is 55.6 Å². The third-order valence-electron chi connectivity index (χ3n) is 10.3. The zero-order valence-electron chi connectivity index (χ0n) is 29.5. The van der Waals surface area contributed by atoms with Crippen molar-refractivity contribution in [2.24, 2.45) is 5.73 Å². The molecule has 0 saturated heterocycles. The minimum atomic E-state index is 0.764. The summed E-state index contributed by atoms with van der Waals surface area (Å²) >= 11 is 0. The topological polar surface area (TPSA) is 26.0 Å². The molecule has 1 aliphatic rings. The van der Waals surface area contributed by atoms with Crippen LogP contribution in [0.4, 0.5) is 0 Å². The highest BCUT2D eigenvalue weighted by molar-refractivity contribution is 5.98. The van der Waals surface area contributed by atoms with Gasteiger partial charge in [-0.05, 0) is 104 Å². The molecule has 52 heavy (non-hydrogen) atoms. The molecule has 0 bridgehead atoms. The molecule has 8 rings (SSSR count). The molecule has 0 heterocycles. The van der Waals surface area contributed by atoms with Crippen molar-refractivity contribution < 1.29 is 0 Å². The van der Waals surface area contributed by atoms with Crippen molar-refractivity contribution in [2.45, 2.75) is 32.1 Å². The first-order valence-electron chi connectivity index (χ1n) is 18.5. The number of allylic oxidation sites excluding steroid dienone is 3. The number of benzene rings is 7. The molecule has 0 atom stereocenters. The zero-order chi connectivity index (χ0) is 35.1. The Morgan fingerprint density at radius 2 is 0.904 bits per heavy atom. The molecule has 0 radical (unpaired) electrons. The van der Waals surface area contributed by atoms with E-state index in [1.807, 2.05) is 0 Å². The second kappa shape index (κ2) is 15.4. The smallest absolute Gasteiger partial charge is 0.0356 e. The van der Waals surface area contributed by atoms with Crippen molar-refractivity contribution in [3.63, 3.8) is 0 Å². The molecule has 252 valence electrons. The maximum Gasteiger partial charge on any atom is 0.0356 e. The van der Waals surface area contributed by atoms with E-state index in [0.29, 0.717) is 0 Å². The lowest BCUT2D eigenvalue weighted by Gasteiger charge is -2.19. The zero-order valence-corrected chi connectivity index (χ0v) is 29.5. The SMILES string of the molecule is N/C(=C\Cc1cccc(-c2ccccc2-c2ccccc2-c2ccccc2-c2ccccc2-c2ccccc2)c1)c1ccccc1C1=CCCCC1. The molecular weight excluding hydrogens is 627 g/mol. The van der Waals surface area contributed by atoms with Crippen LogP contribution in [-0.2, 0) is 6.42 Å². The van der Waals surface area contributed by atoms with Crippen LogP contribution in [0.15, 0.2) is 188 Å². The fourth-order valence-corrected chi connectivity index (χ4v) is 7.76. The van der Waals surface area contributed by atoms with Crippen LogP contribution in [0.2, 0.25) is 0 Å². The third kappa shape index (κ3) is 6.91. The van der Waals surface area contributed by atoms with Gasteiger partial charge in [0.1, 0.15) is 0 Å². The maximum absolute atomic E-state index is 6.80. The van der Waals surface area contributed by atoms with E-state index in [-0.39, 0.29) is 0 Å². The summed E-state index contributed by atoms with van der Waals surface area (Å²) in [5, 5.41) is 0. The lowest BCUT2D eigenvalue weighted by atomic mass is 9.85. The van der Waals surface area contributed by atoms with Gasteiger partial charge in [0, 0.05) is 11.3 Å². The normalized spacial score (nSPS) is 13.1. The van der Waals surface area contributed by atoms with Gasteiger partial charge in [-0.1, -0.05) is 188 Å². The molecule has 1 heteroatoms. The summed E-state index contributed by atoms with van der Waals surface area (Å²) in [5.74, 6) is 0. The lowest BCUT2D eigenvalue weighted by Crippen LogP contribution is -2.03. The number of hydrogen-bond acceptors (Lipinski definition) is 1. The molecule has 7 aromatic rings. The van der Waals surface area contributed by atoms with Gasteiger partial charge in [-0.3, -0.25) is 0 Å². The Morgan fingerprint density at radius 1 is 0.442 bits per heavy atom. The van der Waals surface area contributed by atoms with Gasteiger partial charge < -0.3 is 5.73 Å². The van der Waals surface area contributed by atoms with Crippen LogP contribution >= 0.6 is 0 Å². The van der Waals surface area contributed by atoms with Crippen LogP contribution in [0.25, 0.3) is 66.9 Å². The Morgan fingerprint density at radius 3 is 1.46 bits per heavy atom. The molecule has 0 saturated carbocycles. The Balaban J connectivity index is 1.15. The van der Waals surface area contributed by atoms with E-state index in [4.69, 9.17) is 5.73 Å². The highest BCUT2D eigenvalue weighted by Crippen LogP contribution is 2.43. The molecule has 0 amide bonds. The highest BCUT2D eigenvalue weighted by Gasteiger charge is 2.17. The highest BCUT2D eigenvalue weighted by atomic mass is 14.6. The quantitative estimate of drug-likeness (QED) is 0.163. The van der Waals surface area contributed by atoms with E-state index in [2.05, 4.69) is 188 Å². The summed E-state index contributed by atoms with van der Waals surface area (Å²) in [6, 6.07) is 63.4. The monoisotopic (exact) mass is 669 g/mol. The van der Waals surface area contributed by atoms with Gasteiger partial charge in [0.15, 0.2) is 0 Å². The molecular formula is C51H43N. The summed E-state index contributed by atoms with van der Waals surface area (Å²) in [7, 11) is 0. The first-order chi connectivity index (χ1) is 25.7. The van der Waals surface area contributed by atoms with Crippen LogP contribution in [0, 0.1) is 0 Å². The minimum Gasteiger partial charge on any atom is -0.398 e. The van der Waals surface area contributed by atoms with Crippen LogP contribution in [0.3, 0.4) is 0 Å². The lowest BCUT2D eigenvalue weighted by molar-refractivity contribution is 0.742. The van der Waals surface area contributed by atoms with Crippen molar-refractivity contribution in [1.82, 2.24) is 0 Å². The fourth-order valence-electron chi connectivity index (χ4n) is 7.76. The Bertz CT molecular complexity index is 2390. The van der Waals surface area contributed by atoms with Gasteiger partial charge in [-0.2, -0.15) is 0 Å². The molecule has 0 fully saturated rings. The average molecular weight is 670 g/mol. The van der Waals surface area contributed by atoms with Gasteiger partial charge in [0.05, 0.1) is 0 Å².